The van der Waals surface area contributed by atoms with E-state index in [0.29, 0.717) is 12.2 Å². The average Bonchev–Trinajstić information content (AvgIpc) is 3.19. The Morgan fingerprint density at radius 3 is 2.28 bits per heavy atom. The number of methoxy groups -OCH3 is 2. The second kappa shape index (κ2) is 8.19. The van der Waals surface area contributed by atoms with Crippen LogP contribution in [-0.4, -0.2) is 30.3 Å². The van der Waals surface area contributed by atoms with Crippen molar-refractivity contribution in [3.63, 3.8) is 0 Å². The van der Waals surface area contributed by atoms with E-state index in [4.69, 9.17) is 9.47 Å². The Labute approximate surface area is 187 Å². The summed E-state index contributed by atoms with van der Waals surface area (Å²) in [5.41, 5.74) is 3.72. The first-order chi connectivity index (χ1) is 15.6. The molecule has 2 aromatic carbocycles. The second-order valence-electron chi connectivity index (χ2n) is 8.53. The molecule has 3 aromatic rings. The van der Waals surface area contributed by atoms with Crippen LogP contribution < -0.4 is 14.8 Å². The van der Waals surface area contributed by atoms with Crippen LogP contribution in [0.25, 0.3) is 6.08 Å². The summed E-state index contributed by atoms with van der Waals surface area (Å²) >= 11 is 0. The van der Waals surface area contributed by atoms with Crippen LogP contribution in [0.15, 0.2) is 54.6 Å². The molecule has 6 heteroatoms. The summed E-state index contributed by atoms with van der Waals surface area (Å²) in [7, 11) is 3.36. The normalized spacial score (nSPS) is 16.7. The van der Waals surface area contributed by atoms with Gasteiger partial charge in [0.15, 0.2) is 5.82 Å². The van der Waals surface area contributed by atoms with E-state index >= 15 is 0 Å². The van der Waals surface area contributed by atoms with Gasteiger partial charge in [-0.2, -0.15) is 5.10 Å². The van der Waals surface area contributed by atoms with E-state index in [9.17, 15) is 4.79 Å². The lowest BCUT2D eigenvalue weighted by molar-refractivity contribution is -0.122. The third-order valence-corrected chi connectivity index (χ3v) is 6.76. The molecule has 2 aliphatic rings. The van der Waals surface area contributed by atoms with Gasteiger partial charge in [-0.25, -0.2) is 0 Å². The Morgan fingerprint density at radius 2 is 1.72 bits per heavy atom. The number of carbonyl (C=O) groups is 1. The number of aromatic nitrogens is 2. The highest BCUT2D eigenvalue weighted by atomic mass is 16.5. The van der Waals surface area contributed by atoms with Crippen LogP contribution in [0.1, 0.15) is 41.6 Å². The third-order valence-electron chi connectivity index (χ3n) is 6.76. The fourth-order valence-corrected chi connectivity index (χ4v) is 4.61. The minimum absolute atomic E-state index is 0.0661. The molecular weight excluding hydrogens is 402 g/mol. The highest BCUT2D eigenvalue weighted by Crippen LogP contribution is 2.44. The standard InChI is InChI=1S/C26H27N3O3/c1-31-20-10-4-8-18(14-20)26(19-9-5-11-21(15-19)32-2)13-12-22-23(16-26)28-29-24(22)27-25(30)17-6-3-7-17/h4-5,8-15,17H,3,6-7,16H2,1-2H3,(H2,27,28,29,30). The predicted octanol–water partition coefficient (Wildman–Crippen LogP) is 4.72. The quantitative estimate of drug-likeness (QED) is 0.594. The van der Waals surface area contributed by atoms with Crippen molar-refractivity contribution in [3.05, 3.63) is 77.0 Å². The van der Waals surface area contributed by atoms with E-state index < -0.39 is 5.41 Å². The van der Waals surface area contributed by atoms with E-state index in [-0.39, 0.29) is 11.8 Å². The Hall–Kier alpha value is -3.54. The zero-order chi connectivity index (χ0) is 22.1. The van der Waals surface area contributed by atoms with Gasteiger partial charge in [-0.05, 0) is 48.2 Å². The van der Waals surface area contributed by atoms with Crippen LogP contribution in [0.3, 0.4) is 0 Å². The highest BCUT2D eigenvalue weighted by Gasteiger charge is 2.37. The van der Waals surface area contributed by atoms with Gasteiger partial charge in [-0.1, -0.05) is 42.8 Å². The fourth-order valence-electron chi connectivity index (χ4n) is 4.61. The average molecular weight is 430 g/mol. The van der Waals surface area contributed by atoms with Gasteiger partial charge < -0.3 is 14.8 Å². The van der Waals surface area contributed by atoms with Crippen molar-refractivity contribution in [2.45, 2.75) is 31.1 Å². The molecule has 0 spiro atoms. The molecule has 0 aliphatic heterocycles. The number of hydrogen-bond donors (Lipinski definition) is 2. The summed E-state index contributed by atoms with van der Waals surface area (Å²) < 4.78 is 11.0. The van der Waals surface area contributed by atoms with E-state index in [1.54, 1.807) is 14.2 Å². The molecule has 5 rings (SSSR count). The number of ether oxygens (including phenoxy) is 2. The van der Waals surface area contributed by atoms with E-state index in [0.717, 1.165) is 53.1 Å². The van der Waals surface area contributed by atoms with Gasteiger partial charge >= 0.3 is 0 Å². The number of hydrogen-bond acceptors (Lipinski definition) is 4. The van der Waals surface area contributed by atoms with Gasteiger partial charge in [-0.15, -0.1) is 0 Å². The SMILES string of the molecule is COc1cccc(C2(c3cccc(OC)c3)C=Cc3c(NC(=O)C4CCC4)n[nH]c3C2)c1. The maximum absolute atomic E-state index is 12.5. The monoisotopic (exact) mass is 429 g/mol. The predicted molar refractivity (Wildman–Crippen MR) is 124 cm³/mol. The van der Waals surface area contributed by atoms with Crippen LogP contribution in [0.2, 0.25) is 0 Å². The number of amides is 1. The van der Waals surface area contributed by atoms with Crippen molar-refractivity contribution in [3.8, 4) is 11.5 Å². The highest BCUT2D eigenvalue weighted by molar-refractivity contribution is 5.94. The molecule has 2 aliphatic carbocycles. The van der Waals surface area contributed by atoms with Gasteiger partial charge in [-0.3, -0.25) is 9.89 Å². The zero-order valence-electron chi connectivity index (χ0n) is 18.4. The zero-order valence-corrected chi connectivity index (χ0v) is 18.4. The molecule has 1 saturated carbocycles. The Morgan fingerprint density at radius 1 is 1.06 bits per heavy atom. The Bertz CT molecular complexity index is 1130. The molecule has 6 nitrogen and oxygen atoms in total. The van der Waals surface area contributed by atoms with Crippen LogP contribution in [0.5, 0.6) is 11.5 Å². The Kier molecular flexibility index (Phi) is 5.21. The molecule has 0 saturated heterocycles. The molecule has 2 N–H and O–H groups in total. The molecule has 0 unspecified atom stereocenters. The van der Waals surface area contributed by atoms with Crippen molar-refractivity contribution >= 4 is 17.8 Å². The van der Waals surface area contributed by atoms with Crippen LogP contribution in [0, 0.1) is 5.92 Å². The van der Waals surface area contributed by atoms with E-state index in [2.05, 4.69) is 51.9 Å². The molecule has 164 valence electrons. The second-order valence-corrected chi connectivity index (χ2v) is 8.53. The number of nitrogens with one attached hydrogen (secondary N) is 2. The molecule has 1 heterocycles. The van der Waals surface area contributed by atoms with E-state index in [1.165, 1.54) is 0 Å². The smallest absolute Gasteiger partial charge is 0.228 e. The number of fused-ring (bicyclic) bond motifs is 1. The first kappa shape index (κ1) is 20.4. The summed E-state index contributed by atoms with van der Waals surface area (Å²) in [5, 5.41) is 10.6. The van der Waals surface area contributed by atoms with E-state index in [1.807, 2.05) is 24.3 Å². The first-order valence-corrected chi connectivity index (χ1v) is 11.0. The number of rotatable bonds is 6. The van der Waals surface area contributed by atoms with Gasteiger partial charge in [0, 0.05) is 29.0 Å². The van der Waals surface area contributed by atoms with Crippen molar-refractivity contribution in [1.82, 2.24) is 10.2 Å². The fraction of sp³-hybridized carbons (Fsp3) is 0.308. The van der Waals surface area contributed by atoms with Gasteiger partial charge in [0.2, 0.25) is 5.91 Å². The number of aromatic amines is 1. The number of benzene rings is 2. The summed E-state index contributed by atoms with van der Waals surface area (Å²) in [6.07, 6.45) is 7.99. The molecule has 0 bridgehead atoms. The van der Waals surface area contributed by atoms with Crippen molar-refractivity contribution in [2.75, 3.05) is 19.5 Å². The lowest BCUT2D eigenvalue weighted by Crippen LogP contribution is -2.31. The van der Waals surface area contributed by atoms with Crippen molar-refractivity contribution in [1.29, 1.82) is 0 Å². The summed E-state index contributed by atoms with van der Waals surface area (Å²) in [6, 6.07) is 16.3. The van der Waals surface area contributed by atoms with Gasteiger partial charge in [0.05, 0.1) is 14.2 Å². The molecular formula is C26H27N3O3. The van der Waals surface area contributed by atoms with Crippen molar-refractivity contribution in [2.24, 2.45) is 5.92 Å². The summed E-state index contributed by atoms with van der Waals surface area (Å²) in [4.78, 5) is 12.5. The molecule has 0 atom stereocenters. The largest absolute Gasteiger partial charge is 0.497 e. The summed E-state index contributed by atoms with van der Waals surface area (Å²) in [5.74, 6) is 2.40. The first-order valence-electron chi connectivity index (χ1n) is 11.0. The van der Waals surface area contributed by atoms with Crippen LogP contribution >= 0.6 is 0 Å². The molecule has 1 fully saturated rings. The molecule has 1 aromatic heterocycles. The minimum atomic E-state index is -0.433. The molecule has 0 radical (unpaired) electrons. The Balaban J connectivity index is 1.56. The number of carbonyl (C=O) groups excluding carboxylic acids is 1. The number of anilines is 1. The maximum Gasteiger partial charge on any atom is 0.228 e. The topological polar surface area (TPSA) is 76.2 Å². The van der Waals surface area contributed by atoms with Crippen molar-refractivity contribution < 1.29 is 14.3 Å². The maximum atomic E-state index is 12.5. The van der Waals surface area contributed by atoms with Crippen LogP contribution in [0.4, 0.5) is 5.82 Å². The third kappa shape index (κ3) is 3.45. The van der Waals surface area contributed by atoms with Gasteiger partial charge in [0.1, 0.15) is 11.5 Å². The van der Waals surface area contributed by atoms with Crippen LogP contribution in [-0.2, 0) is 16.6 Å². The van der Waals surface area contributed by atoms with Gasteiger partial charge in [0.25, 0.3) is 0 Å². The molecule has 32 heavy (non-hydrogen) atoms. The number of allylic oxidation sites excluding steroid dienone is 1. The number of H-pyrrole nitrogens is 1. The number of nitrogens with zero attached hydrogens (tertiary/aromatic N) is 1. The lowest BCUT2D eigenvalue weighted by Gasteiger charge is -2.35. The lowest BCUT2D eigenvalue weighted by atomic mass is 9.68. The molecule has 1 amide bonds. The summed E-state index contributed by atoms with van der Waals surface area (Å²) in [6.45, 7) is 0. The minimum Gasteiger partial charge on any atom is -0.497 e.